The molecule has 3 nitrogen and oxygen atoms in total. The number of nitrogens with zero attached hydrogens (tertiary/aromatic N) is 1. The largest absolute Gasteiger partial charge is 0.354 e. The van der Waals surface area contributed by atoms with Crippen LogP contribution in [0.3, 0.4) is 0 Å². The third-order valence-corrected chi connectivity index (χ3v) is 2.35. The van der Waals surface area contributed by atoms with E-state index < -0.39 is 0 Å². The molecule has 1 saturated heterocycles. The van der Waals surface area contributed by atoms with E-state index in [2.05, 4.69) is 15.6 Å². The maximum Gasteiger partial charge on any atom is 0.196 e. The standard InChI is InChI=1S/C10H12ClN3/c1-7-2-3-9(8(11)6-7)14-10-12-4-5-13-10/h2-3,6H,4-5H2,1H3,(H2,12,13,14). The molecule has 2 N–H and O–H groups in total. The summed E-state index contributed by atoms with van der Waals surface area (Å²) >= 11 is 6.05. The minimum atomic E-state index is 0.688. The van der Waals surface area contributed by atoms with Gasteiger partial charge in [-0.3, -0.25) is 0 Å². The van der Waals surface area contributed by atoms with E-state index >= 15 is 0 Å². The molecule has 0 amide bonds. The maximum absolute atomic E-state index is 6.05. The van der Waals surface area contributed by atoms with Crippen LogP contribution in [-0.4, -0.2) is 19.0 Å². The van der Waals surface area contributed by atoms with Gasteiger partial charge in [-0.2, -0.15) is 0 Å². The van der Waals surface area contributed by atoms with E-state index in [0.29, 0.717) is 5.02 Å². The third kappa shape index (κ3) is 1.99. The summed E-state index contributed by atoms with van der Waals surface area (Å²) in [5.74, 6) is 0.802. The second-order valence-corrected chi connectivity index (χ2v) is 3.68. The quantitative estimate of drug-likeness (QED) is 0.741. The Hall–Kier alpha value is -1.22. The van der Waals surface area contributed by atoms with Gasteiger partial charge in [-0.25, -0.2) is 4.99 Å². The fourth-order valence-electron chi connectivity index (χ4n) is 1.33. The molecule has 1 fully saturated rings. The van der Waals surface area contributed by atoms with E-state index in [9.17, 15) is 0 Å². The Morgan fingerprint density at radius 1 is 1.29 bits per heavy atom. The lowest BCUT2D eigenvalue weighted by molar-refractivity contribution is 0.942. The van der Waals surface area contributed by atoms with Crippen molar-refractivity contribution in [2.45, 2.75) is 6.92 Å². The molecule has 2 rings (SSSR count). The summed E-state index contributed by atoms with van der Waals surface area (Å²) in [5, 5.41) is 6.94. The first kappa shape index (κ1) is 9.34. The average Bonchev–Trinajstić information content (AvgIpc) is 2.62. The Bertz CT molecular complexity index is 366. The molecule has 1 aliphatic rings. The maximum atomic E-state index is 6.05. The molecule has 14 heavy (non-hydrogen) atoms. The van der Waals surface area contributed by atoms with Crippen molar-refractivity contribution in [3.05, 3.63) is 28.8 Å². The van der Waals surface area contributed by atoms with E-state index in [-0.39, 0.29) is 0 Å². The first-order valence-electron chi connectivity index (χ1n) is 4.58. The topological polar surface area (TPSA) is 36.4 Å². The highest BCUT2D eigenvalue weighted by Crippen LogP contribution is 2.25. The smallest absolute Gasteiger partial charge is 0.196 e. The van der Waals surface area contributed by atoms with Crippen molar-refractivity contribution >= 4 is 23.2 Å². The zero-order valence-corrected chi connectivity index (χ0v) is 8.73. The van der Waals surface area contributed by atoms with Gasteiger partial charge in [0.25, 0.3) is 0 Å². The molecule has 1 heterocycles. The van der Waals surface area contributed by atoms with Crippen molar-refractivity contribution in [2.75, 3.05) is 13.1 Å². The third-order valence-electron chi connectivity index (χ3n) is 2.05. The highest BCUT2D eigenvalue weighted by molar-refractivity contribution is 6.33. The van der Waals surface area contributed by atoms with Gasteiger partial charge in [-0.15, -0.1) is 0 Å². The number of benzene rings is 1. The zero-order chi connectivity index (χ0) is 9.97. The summed E-state index contributed by atoms with van der Waals surface area (Å²) in [6, 6.07) is 5.84. The minimum absolute atomic E-state index is 0.688. The molecule has 0 radical (unpaired) electrons. The average molecular weight is 210 g/mol. The van der Waals surface area contributed by atoms with Crippen molar-refractivity contribution < 1.29 is 0 Å². The molecule has 1 aliphatic heterocycles. The molecule has 0 unspecified atom stereocenters. The van der Waals surface area contributed by atoms with Gasteiger partial charge >= 0.3 is 0 Å². The van der Waals surface area contributed by atoms with Gasteiger partial charge in [0.15, 0.2) is 5.96 Å². The summed E-state index contributed by atoms with van der Waals surface area (Å²) in [7, 11) is 0. The second-order valence-electron chi connectivity index (χ2n) is 3.27. The first-order chi connectivity index (χ1) is 6.75. The first-order valence-corrected chi connectivity index (χ1v) is 4.96. The molecule has 0 bridgehead atoms. The highest BCUT2D eigenvalue weighted by atomic mass is 35.5. The molecular weight excluding hydrogens is 198 g/mol. The number of halogens is 1. The lowest BCUT2D eigenvalue weighted by atomic mass is 10.2. The highest BCUT2D eigenvalue weighted by Gasteiger charge is 2.06. The fourth-order valence-corrected chi connectivity index (χ4v) is 1.60. The summed E-state index contributed by atoms with van der Waals surface area (Å²) in [6.45, 7) is 3.85. The van der Waals surface area contributed by atoms with Crippen molar-refractivity contribution in [2.24, 2.45) is 4.99 Å². The zero-order valence-electron chi connectivity index (χ0n) is 7.97. The van der Waals surface area contributed by atoms with Gasteiger partial charge in [0.05, 0.1) is 10.7 Å². The van der Waals surface area contributed by atoms with Gasteiger partial charge in [0.1, 0.15) is 0 Å². The second kappa shape index (κ2) is 3.88. The summed E-state index contributed by atoms with van der Waals surface area (Å²) in [6.07, 6.45) is 0. The van der Waals surface area contributed by atoms with E-state index in [1.807, 2.05) is 25.1 Å². The van der Waals surface area contributed by atoms with Gasteiger partial charge in [0, 0.05) is 13.1 Å². The lowest BCUT2D eigenvalue weighted by Crippen LogP contribution is -2.23. The molecule has 4 heteroatoms. The van der Waals surface area contributed by atoms with E-state index in [1.165, 1.54) is 0 Å². The summed E-state index contributed by atoms with van der Waals surface area (Å²) in [4.78, 5) is 4.36. The lowest BCUT2D eigenvalue weighted by Gasteiger charge is -2.02. The van der Waals surface area contributed by atoms with Gasteiger partial charge in [-0.05, 0) is 24.6 Å². The van der Waals surface area contributed by atoms with Crippen LogP contribution in [0.5, 0.6) is 0 Å². The Morgan fingerprint density at radius 3 is 2.64 bits per heavy atom. The molecule has 0 aromatic heterocycles. The number of hydrogen-bond donors (Lipinski definition) is 2. The van der Waals surface area contributed by atoms with Crippen LogP contribution in [0.2, 0.25) is 5.02 Å². The molecular formula is C10H12ClN3. The molecule has 0 spiro atoms. The van der Waals surface area contributed by atoms with Crippen LogP contribution in [0.15, 0.2) is 23.2 Å². The Labute approximate surface area is 88.2 Å². The van der Waals surface area contributed by atoms with Gasteiger partial charge in [-0.1, -0.05) is 17.7 Å². The number of aliphatic imine (C=N–C) groups is 1. The Balaban J connectivity index is 2.28. The van der Waals surface area contributed by atoms with Crippen LogP contribution in [-0.2, 0) is 0 Å². The number of hydrogen-bond acceptors (Lipinski definition) is 1. The monoisotopic (exact) mass is 209 g/mol. The number of rotatable bonds is 1. The van der Waals surface area contributed by atoms with Crippen molar-refractivity contribution in [1.29, 1.82) is 0 Å². The predicted molar refractivity (Wildman–Crippen MR) is 59.3 cm³/mol. The normalized spacial score (nSPS) is 14.9. The van der Waals surface area contributed by atoms with Crippen LogP contribution in [0.4, 0.5) is 5.69 Å². The van der Waals surface area contributed by atoms with E-state index in [1.54, 1.807) is 0 Å². The molecule has 74 valence electrons. The van der Waals surface area contributed by atoms with Crippen molar-refractivity contribution in [3.8, 4) is 0 Å². The molecule has 0 atom stereocenters. The summed E-state index contributed by atoms with van der Waals surface area (Å²) in [5.41, 5.74) is 1.94. The van der Waals surface area contributed by atoms with Crippen LogP contribution in [0.1, 0.15) is 5.56 Å². The summed E-state index contributed by atoms with van der Waals surface area (Å²) < 4.78 is 0. The molecule has 1 aromatic rings. The Kier molecular flexibility index (Phi) is 2.59. The number of guanidine groups is 1. The van der Waals surface area contributed by atoms with Gasteiger partial charge in [0.2, 0.25) is 0 Å². The molecule has 0 aliphatic carbocycles. The van der Waals surface area contributed by atoms with Crippen molar-refractivity contribution in [3.63, 3.8) is 0 Å². The van der Waals surface area contributed by atoms with Crippen LogP contribution in [0, 0.1) is 6.92 Å². The SMILES string of the molecule is Cc1ccc(N=C2NCCN2)c(Cl)c1. The van der Waals surface area contributed by atoms with E-state index in [0.717, 1.165) is 30.3 Å². The number of aryl methyl sites for hydroxylation is 1. The van der Waals surface area contributed by atoms with Gasteiger partial charge < -0.3 is 10.6 Å². The molecule has 0 saturated carbocycles. The van der Waals surface area contributed by atoms with Crippen LogP contribution >= 0.6 is 11.6 Å². The van der Waals surface area contributed by atoms with Crippen LogP contribution in [0.25, 0.3) is 0 Å². The minimum Gasteiger partial charge on any atom is -0.354 e. The number of nitrogens with one attached hydrogen (secondary N) is 2. The fraction of sp³-hybridized carbons (Fsp3) is 0.300. The predicted octanol–water partition coefficient (Wildman–Crippen LogP) is 1.83. The van der Waals surface area contributed by atoms with Crippen LogP contribution < -0.4 is 10.6 Å². The van der Waals surface area contributed by atoms with E-state index in [4.69, 9.17) is 11.6 Å². The molecule has 1 aromatic carbocycles. The van der Waals surface area contributed by atoms with Crippen molar-refractivity contribution in [1.82, 2.24) is 10.6 Å². The Morgan fingerprint density at radius 2 is 2.00 bits per heavy atom.